The monoisotopic (exact) mass is 339 g/mol. The van der Waals surface area contributed by atoms with Crippen LogP contribution in [0, 0.1) is 0 Å². The number of hydrogen-bond acceptors (Lipinski definition) is 4. The fraction of sp³-hybridized carbons (Fsp3) is 0.389. The first-order valence-electron chi connectivity index (χ1n) is 8.67. The van der Waals surface area contributed by atoms with Crippen molar-refractivity contribution < 1.29 is 9.59 Å². The van der Waals surface area contributed by atoms with E-state index < -0.39 is 0 Å². The maximum Gasteiger partial charge on any atom is 0.329 e. The van der Waals surface area contributed by atoms with Crippen molar-refractivity contribution in [1.82, 2.24) is 20.2 Å². The van der Waals surface area contributed by atoms with Gasteiger partial charge in [0, 0.05) is 31.6 Å². The van der Waals surface area contributed by atoms with Gasteiger partial charge in [-0.3, -0.25) is 15.0 Å². The zero-order valence-corrected chi connectivity index (χ0v) is 14.2. The molecular formula is C18H21N5O2. The molecule has 2 N–H and O–H groups in total. The van der Waals surface area contributed by atoms with Gasteiger partial charge in [0.25, 0.3) is 0 Å². The highest BCUT2D eigenvalue weighted by Crippen LogP contribution is 2.28. The Balaban J connectivity index is 1.71. The number of anilines is 1. The minimum absolute atomic E-state index is 0.229. The molecule has 1 fully saturated rings. The second kappa shape index (κ2) is 6.33. The second-order valence-corrected chi connectivity index (χ2v) is 6.35. The fourth-order valence-electron chi connectivity index (χ4n) is 3.52. The van der Waals surface area contributed by atoms with Crippen LogP contribution in [-0.2, 0) is 24.3 Å². The zero-order valence-electron chi connectivity index (χ0n) is 14.2. The van der Waals surface area contributed by atoms with Gasteiger partial charge in [0.15, 0.2) is 0 Å². The van der Waals surface area contributed by atoms with Gasteiger partial charge in [0.1, 0.15) is 11.6 Å². The van der Waals surface area contributed by atoms with E-state index in [1.54, 1.807) is 11.1 Å². The van der Waals surface area contributed by atoms with Crippen LogP contribution in [0.1, 0.15) is 24.5 Å². The first kappa shape index (κ1) is 15.8. The largest absolute Gasteiger partial charge is 0.329 e. The van der Waals surface area contributed by atoms with Crippen molar-refractivity contribution in [2.45, 2.75) is 32.9 Å². The predicted molar refractivity (Wildman–Crippen MR) is 94.2 cm³/mol. The number of urea groups is 1. The Kier molecular flexibility index (Phi) is 4.01. The summed E-state index contributed by atoms with van der Waals surface area (Å²) in [4.78, 5) is 29.7. The molecule has 0 saturated carbocycles. The van der Waals surface area contributed by atoms with Crippen LogP contribution in [0.4, 0.5) is 10.6 Å². The average molecular weight is 339 g/mol. The van der Waals surface area contributed by atoms with E-state index in [2.05, 4.69) is 33.8 Å². The molecule has 0 unspecified atom stereocenters. The number of rotatable bonds is 3. The van der Waals surface area contributed by atoms with Gasteiger partial charge in [-0.05, 0) is 37.1 Å². The van der Waals surface area contributed by atoms with E-state index >= 15 is 0 Å². The summed E-state index contributed by atoms with van der Waals surface area (Å²) in [6, 6.07) is 6.06. The fourth-order valence-corrected chi connectivity index (χ4v) is 3.52. The summed E-state index contributed by atoms with van der Waals surface area (Å²) in [5, 5.41) is 5.75. The Morgan fingerprint density at radius 3 is 2.88 bits per heavy atom. The van der Waals surface area contributed by atoms with Crippen LogP contribution in [0.5, 0.6) is 0 Å². The summed E-state index contributed by atoms with van der Waals surface area (Å²) in [6.07, 6.45) is 3.04. The molecule has 2 aliphatic heterocycles. The smallest absolute Gasteiger partial charge is 0.312 e. The van der Waals surface area contributed by atoms with Crippen molar-refractivity contribution in [2.75, 3.05) is 18.0 Å². The number of fused-ring (bicyclic) bond motifs is 1. The number of imidazole rings is 1. The molecule has 0 atom stereocenters. The van der Waals surface area contributed by atoms with E-state index in [9.17, 15) is 9.59 Å². The molecule has 130 valence electrons. The van der Waals surface area contributed by atoms with Gasteiger partial charge >= 0.3 is 6.03 Å². The van der Waals surface area contributed by atoms with Crippen LogP contribution in [0.2, 0.25) is 0 Å². The van der Waals surface area contributed by atoms with Crippen molar-refractivity contribution in [1.29, 1.82) is 0 Å². The normalized spacial score (nSPS) is 17.4. The Hall–Kier alpha value is -2.67. The Morgan fingerprint density at radius 2 is 2.08 bits per heavy atom. The lowest BCUT2D eigenvalue weighted by molar-refractivity contribution is -0.120. The first-order chi connectivity index (χ1) is 12.2. The highest BCUT2D eigenvalue weighted by Gasteiger charge is 2.27. The number of hydrogen-bond donors (Lipinski definition) is 2. The van der Waals surface area contributed by atoms with Crippen molar-refractivity contribution in [3.63, 3.8) is 0 Å². The van der Waals surface area contributed by atoms with E-state index in [1.807, 2.05) is 11.5 Å². The molecule has 25 heavy (non-hydrogen) atoms. The molecule has 0 spiro atoms. The van der Waals surface area contributed by atoms with Gasteiger partial charge in [-0.25, -0.2) is 9.78 Å². The molecule has 3 heterocycles. The SMILES string of the molecule is CCn1c(N2CCC(=O)NC2=O)cnc1-c1ccc2c(c1)CCNC2. The highest BCUT2D eigenvalue weighted by molar-refractivity contribution is 6.05. The standard InChI is InChI=1S/C18H21N5O2/c1-2-22-16(23-8-6-15(24)21-18(23)25)11-20-17(22)13-3-4-14-10-19-7-5-12(14)9-13/h3-4,9,11,19H,2,5-8,10H2,1H3,(H,21,24,25). The summed E-state index contributed by atoms with van der Waals surface area (Å²) >= 11 is 0. The quantitative estimate of drug-likeness (QED) is 0.891. The molecule has 1 aromatic heterocycles. The zero-order chi connectivity index (χ0) is 17.4. The van der Waals surface area contributed by atoms with Gasteiger partial charge in [0.05, 0.1) is 6.20 Å². The van der Waals surface area contributed by atoms with E-state index in [-0.39, 0.29) is 11.9 Å². The van der Waals surface area contributed by atoms with E-state index in [0.717, 1.165) is 36.7 Å². The number of carbonyl (C=O) groups excluding carboxylic acids is 2. The number of carbonyl (C=O) groups is 2. The van der Waals surface area contributed by atoms with Crippen molar-refractivity contribution >= 4 is 17.8 Å². The van der Waals surface area contributed by atoms with E-state index in [1.165, 1.54) is 11.1 Å². The summed E-state index contributed by atoms with van der Waals surface area (Å²) in [7, 11) is 0. The number of imide groups is 1. The molecule has 4 rings (SSSR count). The van der Waals surface area contributed by atoms with Crippen molar-refractivity contribution in [3.8, 4) is 11.4 Å². The lowest BCUT2D eigenvalue weighted by Crippen LogP contribution is -2.50. The van der Waals surface area contributed by atoms with Crippen LogP contribution < -0.4 is 15.5 Å². The molecule has 3 amide bonds. The number of amides is 3. The van der Waals surface area contributed by atoms with Crippen LogP contribution in [0.15, 0.2) is 24.4 Å². The first-order valence-corrected chi connectivity index (χ1v) is 8.67. The molecule has 2 aromatic rings. The Labute approximate surface area is 146 Å². The topological polar surface area (TPSA) is 79.3 Å². The van der Waals surface area contributed by atoms with Crippen molar-refractivity contribution in [3.05, 3.63) is 35.5 Å². The summed E-state index contributed by atoms with van der Waals surface area (Å²) in [5.41, 5.74) is 3.74. The number of nitrogens with zero attached hydrogens (tertiary/aromatic N) is 3. The Bertz CT molecular complexity index is 842. The average Bonchev–Trinajstić information content (AvgIpc) is 3.05. The lowest BCUT2D eigenvalue weighted by Gasteiger charge is -2.27. The predicted octanol–water partition coefficient (Wildman–Crippen LogP) is 1.66. The lowest BCUT2D eigenvalue weighted by atomic mass is 9.98. The van der Waals surface area contributed by atoms with Gasteiger partial charge < -0.3 is 9.88 Å². The second-order valence-electron chi connectivity index (χ2n) is 6.35. The number of benzene rings is 1. The van der Waals surface area contributed by atoms with E-state index in [4.69, 9.17) is 0 Å². The molecule has 7 nitrogen and oxygen atoms in total. The van der Waals surface area contributed by atoms with Crippen LogP contribution >= 0.6 is 0 Å². The molecule has 0 aliphatic carbocycles. The summed E-state index contributed by atoms with van der Waals surface area (Å²) in [6.45, 7) is 5.01. The van der Waals surface area contributed by atoms with Gasteiger partial charge in [-0.15, -0.1) is 0 Å². The van der Waals surface area contributed by atoms with Crippen LogP contribution in [-0.4, -0.2) is 34.6 Å². The molecule has 2 aliphatic rings. The van der Waals surface area contributed by atoms with Crippen LogP contribution in [0.25, 0.3) is 11.4 Å². The third kappa shape index (κ3) is 2.80. The maximum atomic E-state index is 12.2. The number of nitrogens with one attached hydrogen (secondary N) is 2. The molecule has 1 aromatic carbocycles. The minimum atomic E-state index is -0.381. The maximum absolute atomic E-state index is 12.2. The molecule has 0 bridgehead atoms. The van der Waals surface area contributed by atoms with E-state index in [0.29, 0.717) is 19.5 Å². The highest BCUT2D eigenvalue weighted by atomic mass is 16.2. The van der Waals surface area contributed by atoms with Crippen LogP contribution in [0.3, 0.4) is 0 Å². The Morgan fingerprint density at radius 1 is 1.20 bits per heavy atom. The van der Waals surface area contributed by atoms with Gasteiger partial charge in [0.2, 0.25) is 5.91 Å². The minimum Gasteiger partial charge on any atom is -0.312 e. The van der Waals surface area contributed by atoms with Crippen molar-refractivity contribution in [2.24, 2.45) is 0 Å². The van der Waals surface area contributed by atoms with Gasteiger partial charge in [-0.2, -0.15) is 0 Å². The van der Waals surface area contributed by atoms with Gasteiger partial charge in [-0.1, -0.05) is 12.1 Å². The molecule has 7 heteroatoms. The molecule has 0 radical (unpaired) electrons. The third-order valence-corrected chi connectivity index (χ3v) is 4.83. The molecular weight excluding hydrogens is 318 g/mol. The summed E-state index contributed by atoms with van der Waals surface area (Å²) in [5.74, 6) is 1.35. The summed E-state index contributed by atoms with van der Waals surface area (Å²) < 4.78 is 2.03. The molecule has 1 saturated heterocycles. The number of aromatic nitrogens is 2. The third-order valence-electron chi connectivity index (χ3n) is 4.83.